The topological polar surface area (TPSA) is 71.2 Å². The number of hydrogen-bond donors (Lipinski definition) is 2. The van der Waals surface area contributed by atoms with Crippen molar-refractivity contribution in [2.45, 2.75) is 20.3 Å². The third-order valence-electron chi connectivity index (χ3n) is 2.93. The van der Waals surface area contributed by atoms with Crippen molar-refractivity contribution < 1.29 is 4.79 Å². The first-order valence-electron chi connectivity index (χ1n) is 6.39. The number of carbonyl (C=O) groups is 1. The first-order valence-corrected chi connectivity index (χ1v) is 6.39. The second-order valence-corrected chi connectivity index (χ2v) is 4.10. The van der Waals surface area contributed by atoms with E-state index in [4.69, 9.17) is 5.73 Å². The average molecular weight is 250 g/mol. The number of rotatable bonds is 7. The third kappa shape index (κ3) is 4.33. The summed E-state index contributed by atoms with van der Waals surface area (Å²) in [6, 6.07) is 1.63. The third-order valence-corrected chi connectivity index (χ3v) is 2.93. The number of nitrogens with two attached hydrogens (primary N) is 1. The SMILES string of the molecule is CCN(CC)CCCNC(=O)c1ccncc1N. The van der Waals surface area contributed by atoms with Crippen LogP contribution in [-0.4, -0.2) is 42.0 Å². The maximum atomic E-state index is 11.8. The maximum absolute atomic E-state index is 11.8. The zero-order valence-electron chi connectivity index (χ0n) is 11.1. The molecule has 0 aliphatic heterocycles. The molecule has 1 rings (SSSR count). The fraction of sp³-hybridized carbons (Fsp3) is 0.538. The van der Waals surface area contributed by atoms with Crippen molar-refractivity contribution in [1.82, 2.24) is 15.2 Å². The molecule has 0 saturated heterocycles. The second-order valence-electron chi connectivity index (χ2n) is 4.10. The van der Waals surface area contributed by atoms with E-state index in [0.29, 0.717) is 17.8 Å². The number of amides is 1. The van der Waals surface area contributed by atoms with Gasteiger partial charge in [0.25, 0.3) is 5.91 Å². The van der Waals surface area contributed by atoms with Gasteiger partial charge in [-0.15, -0.1) is 0 Å². The highest BCUT2D eigenvalue weighted by molar-refractivity contribution is 5.98. The van der Waals surface area contributed by atoms with Crippen LogP contribution in [0.4, 0.5) is 5.69 Å². The molecule has 1 heterocycles. The summed E-state index contributed by atoms with van der Waals surface area (Å²) in [7, 11) is 0. The summed E-state index contributed by atoms with van der Waals surface area (Å²) in [5, 5.41) is 2.87. The van der Waals surface area contributed by atoms with E-state index in [0.717, 1.165) is 26.1 Å². The van der Waals surface area contributed by atoms with Crippen LogP contribution in [0.2, 0.25) is 0 Å². The number of hydrogen-bond acceptors (Lipinski definition) is 4. The molecule has 18 heavy (non-hydrogen) atoms. The van der Waals surface area contributed by atoms with Crippen LogP contribution in [0.5, 0.6) is 0 Å². The number of aromatic nitrogens is 1. The predicted octanol–water partition coefficient (Wildman–Crippen LogP) is 1.13. The lowest BCUT2D eigenvalue weighted by Gasteiger charge is -2.17. The van der Waals surface area contributed by atoms with E-state index >= 15 is 0 Å². The van der Waals surface area contributed by atoms with E-state index in [1.165, 1.54) is 6.20 Å². The van der Waals surface area contributed by atoms with E-state index in [1.54, 1.807) is 12.3 Å². The van der Waals surface area contributed by atoms with Crippen LogP contribution in [0.1, 0.15) is 30.6 Å². The number of nitrogens with one attached hydrogen (secondary N) is 1. The highest BCUT2D eigenvalue weighted by atomic mass is 16.1. The van der Waals surface area contributed by atoms with Crippen LogP contribution < -0.4 is 11.1 Å². The molecule has 0 unspecified atom stereocenters. The first kappa shape index (κ1) is 14.4. The minimum Gasteiger partial charge on any atom is -0.397 e. The molecule has 0 radical (unpaired) electrons. The Bertz CT molecular complexity index is 377. The van der Waals surface area contributed by atoms with Gasteiger partial charge in [0.15, 0.2) is 0 Å². The molecule has 0 spiro atoms. The molecule has 0 saturated carbocycles. The van der Waals surface area contributed by atoms with Gasteiger partial charge in [0.2, 0.25) is 0 Å². The van der Waals surface area contributed by atoms with Gasteiger partial charge in [-0.2, -0.15) is 0 Å². The summed E-state index contributed by atoms with van der Waals surface area (Å²) in [6.45, 7) is 8.03. The molecule has 1 aromatic rings. The van der Waals surface area contributed by atoms with Crippen LogP contribution in [-0.2, 0) is 0 Å². The van der Waals surface area contributed by atoms with Crippen molar-refractivity contribution in [3.05, 3.63) is 24.0 Å². The summed E-state index contributed by atoms with van der Waals surface area (Å²) in [4.78, 5) is 18.0. The van der Waals surface area contributed by atoms with Crippen molar-refractivity contribution in [2.75, 3.05) is 31.9 Å². The molecule has 0 aromatic carbocycles. The Morgan fingerprint density at radius 2 is 2.17 bits per heavy atom. The van der Waals surface area contributed by atoms with Crippen molar-refractivity contribution in [3.63, 3.8) is 0 Å². The van der Waals surface area contributed by atoms with Gasteiger partial charge in [-0.05, 0) is 32.1 Å². The smallest absolute Gasteiger partial charge is 0.253 e. The Morgan fingerprint density at radius 3 is 2.78 bits per heavy atom. The summed E-state index contributed by atoms with van der Waals surface area (Å²) < 4.78 is 0. The molecule has 100 valence electrons. The fourth-order valence-electron chi connectivity index (χ4n) is 1.75. The lowest BCUT2D eigenvalue weighted by atomic mass is 10.2. The molecule has 5 nitrogen and oxygen atoms in total. The second kappa shape index (κ2) is 7.66. The van der Waals surface area contributed by atoms with Crippen LogP contribution in [0.3, 0.4) is 0 Å². The average Bonchev–Trinajstić information content (AvgIpc) is 2.39. The number of carbonyl (C=O) groups excluding carboxylic acids is 1. The van der Waals surface area contributed by atoms with Gasteiger partial charge < -0.3 is 16.0 Å². The minimum absolute atomic E-state index is 0.130. The van der Waals surface area contributed by atoms with Crippen LogP contribution in [0, 0.1) is 0 Å². The normalized spacial score (nSPS) is 10.6. The highest BCUT2D eigenvalue weighted by Gasteiger charge is 2.08. The van der Waals surface area contributed by atoms with Crippen molar-refractivity contribution in [2.24, 2.45) is 0 Å². The van der Waals surface area contributed by atoms with E-state index in [-0.39, 0.29) is 5.91 Å². The largest absolute Gasteiger partial charge is 0.397 e. The molecule has 0 bridgehead atoms. The van der Waals surface area contributed by atoms with Gasteiger partial charge in [-0.25, -0.2) is 0 Å². The molecule has 0 aliphatic carbocycles. The monoisotopic (exact) mass is 250 g/mol. The maximum Gasteiger partial charge on any atom is 0.253 e. The Morgan fingerprint density at radius 1 is 1.44 bits per heavy atom. The molecule has 3 N–H and O–H groups in total. The lowest BCUT2D eigenvalue weighted by Crippen LogP contribution is -2.30. The van der Waals surface area contributed by atoms with E-state index < -0.39 is 0 Å². The van der Waals surface area contributed by atoms with Crippen LogP contribution in [0.25, 0.3) is 0 Å². The van der Waals surface area contributed by atoms with Crippen molar-refractivity contribution >= 4 is 11.6 Å². The molecule has 5 heteroatoms. The van der Waals surface area contributed by atoms with E-state index in [2.05, 4.69) is 29.0 Å². The number of nitrogen functional groups attached to an aromatic ring is 1. The number of pyridine rings is 1. The Hall–Kier alpha value is -1.62. The number of anilines is 1. The zero-order valence-corrected chi connectivity index (χ0v) is 11.1. The number of nitrogens with zero attached hydrogens (tertiary/aromatic N) is 2. The van der Waals surface area contributed by atoms with Gasteiger partial charge >= 0.3 is 0 Å². The quantitative estimate of drug-likeness (QED) is 0.712. The zero-order chi connectivity index (χ0) is 13.4. The summed E-state index contributed by atoms with van der Waals surface area (Å²) in [5.74, 6) is -0.130. The van der Waals surface area contributed by atoms with Gasteiger partial charge in [0.1, 0.15) is 0 Å². The van der Waals surface area contributed by atoms with Crippen LogP contribution in [0.15, 0.2) is 18.5 Å². The van der Waals surface area contributed by atoms with Crippen LogP contribution >= 0.6 is 0 Å². The van der Waals surface area contributed by atoms with E-state index in [9.17, 15) is 4.79 Å². The predicted molar refractivity (Wildman–Crippen MR) is 73.4 cm³/mol. The van der Waals surface area contributed by atoms with Gasteiger partial charge in [-0.3, -0.25) is 9.78 Å². The first-order chi connectivity index (χ1) is 8.69. The van der Waals surface area contributed by atoms with Crippen molar-refractivity contribution in [3.8, 4) is 0 Å². The highest BCUT2D eigenvalue weighted by Crippen LogP contribution is 2.07. The molecule has 0 aliphatic rings. The Kier molecular flexibility index (Phi) is 6.14. The molecule has 1 aromatic heterocycles. The summed E-state index contributed by atoms with van der Waals surface area (Å²) >= 11 is 0. The Labute approximate surface area is 108 Å². The fourth-order valence-corrected chi connectivity index (χ4v) is 1.75. The molecule has 0 fully saturated rings. The Balaban J connectivity index is 2.32. The van der Waals surface area contributed by atoms with Gasteiger partial charge in [0, 0.05) is 12.7 Å². The van der Waals surface area contributed by atoms with Gasteiger partial charge in [0.05, 0.1) is 17.4 Å². The molecule has 1 amide bonds. The van der Waals surface area contributed by atoms with E-state index in [1.807, 2.05) is 0 Å². The summed E-state index contributed by atoms with van der Waals surface area (Å²) in [6.07, 6.45) is 4.00. The standard InChI is InChI=1S/C13H22N4O/c1-3-17(4-2)9-5-7-16-13(18)11-6-8-15-10-12(11)14/h6,8,10H,3-5,7,9,14H2,1-2H3,(H,16,18). The summed E-state index contributed by atoms with van der Waals surface area (Å²) in [5.41, 5.74) is 6.59. The minimum atomic E-state index is -0.130. The molecular formula is C13H22N4O. The lowest BCUT2D eigenvalue weighted by molar-refractivity contribution is 0.0952. The van der Waals surface area contributed by atoms with Gasteiger partial charge in [-0.1, -0.05) is 13.8 Å². The molecule has 0 atom stereocenters. The molecular weight excluding hydrogens is 228 g/mol. The van der Waals surface area contributed by atoms with Crippen molar-refractivity contribution in [1.29, 1.82) is 0 Å².